The van der Waals surface area contributed by atoms with Crippen molar-refractivity contribution in [3.8, 4) is 0 Å². The topological polar surface area (TPSA) is 91.4 Å². The quantitative estimate of drug-likeness (QED) is 0.505. The van der Waals surface area contributed by atoms with Crippen LogP contribution in [0.15, 0.2) is 66.9 Å². The van der Waals surface area contributed by atoms with Crippen LogP contribution >= 0.6 is 0 Å². The molecule has 0 aliphatic carbocycles. The Bertz CT molecular complexity index is 1150. The zero-order chi connectivity index (χ0) is 24.5. The minimum Gasteiger partial charge on any atom is -0.350 e. The Morgan fingerprint density at radius 2 is 1.59 bits per heavy atom. The van der Waals surface area contributed by atoms with E-state index in [2.05, 4.69) is 15.6 Å². The number of benzene rings is 2. The number of hydrogen-bond acceptors (Lipinski definition) is 4. The van der Waals surface area contributed by atoms with E-state index in [1.807, 2.05) is 32.0 Å². The minimum atomic E-state index is -0.369. The van der Waals surface area contributed by atoms with Crippen molar-refractivity contribution in [2.45, 2.75) is 33.2 Å². The Hall–Kier alpha value is -4.07. The molecule has 176 valence electrons. The van der Waals surface area contributed by atoms with Crippen molar-refractivity contribution in [1.29, 1.82) is 0 Å². The van der Waals surface area contributed by atoms with E-state index >= 15 is 0 Å². The van der Waals surface area contributed by atoms with Crippen LogP contribution in [0.25, 0.3) is 0 Å². The molecule has 0 unspecified atom stereocenters. The van der Waals surface area contributed by atoms with Crippen molar-refractivity contribution >= 4 is 29.2 Å². The van der Waals surface area contributed by atoms with E-state index < -0.39 is 0 Å². The first-order valence-corrected chi connectivity index (χ1v) is 10.9. The smallest absolute Gasteiger partial charge is 0.240 e. The first kappa shape index (κ1) is 24.6. The Morgan fingerprint density at radius 3 is 2.26 bits per heavy atom. The predicted molar refractivity (Wildman–Crippen MR) is 129 cm³/mol. The number of nitrogens with one attached hydrogen (secondary N) is 2. The lowest BCUT2D eigenvalue weighted by molar-refractivity contribution is -0.125. The maximum Gasteiger partial charge on any atom is 0.240 e. The van der Waals surface area contributed by atoms with Crippen LogP contribution in [-0.4, -0.2) is 29.3 Å². The lowest BCUT2D eigenvalue weighted by Crippen LogP contribution is -2.41. The minimum absolute atomic E-state index is 0.0476. The summed E-state index contributed by atoms with van der Waals surface area (Å²) < 4.78 is 13.1. The highest BCUT2D eigenvalue weighted by molar-refractivity contribution is 6.01. The number of aromatic nitrogens is 1. The molecule has 1 aromatic heterocycles. The molecule has 3 amide bonds. The zero-order valence-corrected chi connectivity index (χ0v) is 19.2. The van der Waals surface area contributed by atoms with Crippen LogP contribution in [0.4, 0.5) is 15.9 Å². The van der Waals surface area contributed by atoms with Crippen LogP contribution < -0.4 is 15.5 Å². The van der Waals surface area contributed by atoms with Crippen molar-refractivity contribution in [1.82, 2.24) is 10.3 Å². The van der Waals surface area contributed by atoms with Gasteiger partial charge in [-0.25, -0.2) is 9.37 Å². The highest BCUT2D eigenvalue weighted by Gasteiger charge is 2.20. The van der Waals surface area contributed by atoms with Gasteiger partial charge in [0.15, 0.2) is 0 Å². The summed E-state index contributed by atoms with van der Waals surface area (Å²) in [6, 6.07) is 16.6. The van der Waals surface area contributed by atoms with Gasteiger partial charge in [0.2, 0.25) is 17.7 Å². The van der Waals surface area contributed by atoms with Crippen LogP contribution in [-0.2, 0) is 20.9 Å². The van der Waals surface area contributed by atoms with Gasteiger partial charge in [0, 0.05) is 31.3 Å². The van der Waals surface area contributed by atoms with Gasteiger partial charge in [-0.05, 0) is 61.4 Å². The highest BCUT2D eigenvalue weighted by atomic mass is 19.1. The van der Waals surface area contributed by atoms with Crippen molar-refractivity contribution in [2.75, 3.05) is 16.8 Å². The predicted octanol–water partition coefficient (Wildman–Crippen LogP) is 3.91. The van der Waals surface area contributed by atoms with Gasteiger partial charge in [0.25, 0.3) is 0 Å². The largest absolute Gasteiger partial charge is 0.350 e. The summed E-state index contributed by atoms with van der Waals surface area (Å²) in [7, 11) is 0. The number of amides is 3. The Morgan fingerprint density at radius 1 is 0.882 bits per heavy atom. The van der Waals surface area contributed by atoms with Crippen LogP contribution in [0.1, 0.15) is 29.5 Å². The fourth-order valence-electron chi connectivity index (χ4n) is 3.22. The molecule has 8 heteroatoms. The molecule has 1 heterocycles. The second kappa shape index (κ2) is 11.7. The number of carbonyl (C=O) groups excluding carboxylic acids is 3. The number of nitrogens with zero attached hydrogens (tertiary/aromatic N) is 2. The average Bonchev–Trinajstić information content (AvgIpc) is 2.81. The molecule has 0 fully saturated rings. The first-order chi connectivity index (χ1) is 16.3. The summed E-state index contributed by atoms with van der Waals surface area (Å²) in [5.74, 6) is -0.989. The number of anilines is 2. The van der Waals surface area contributed by atoms with Crippen LogP contribution in [0, 0.1) is 19.7 Å². The first-order valence-electron chi connectivity index (χ1n) is 10.9. The lowest BCUT2D eigenvalue weighted by atomic mass is 10.2. The van der Waals surface area contributed by atoms with Gasteiger partial charge in [0.1, 0.15) is 18.2 Å². The molecule has 0 saturated heterocycles. The van der Waals surface area contributed by atoms with Crippen molar-refractivity contribution < 1.29 is 18.8 Å². The number of pyridine rings is 1. The Kier molecular flexibility index (Phi) is 8.45. The van der Waals surface area contributed by atoms with Crippen LogP contribution in [0.5, 0.6) is 0 Å². The van der Waals surface area contributed by atoms with E-state index in [0.29, 0.717) is 11.5 Å². The second-order valence-electron chi connectivity index (χ2n) is 7.99. The number of rotatable bonds is 9. The molecule has 0 radical (unpaired) electrons. The van der Waals surface area contributed by atoms with Gasteiger partial charge >= 0.3 is 0 Å². The molecule has 0 bridgehead atoms. The zero-order valence-electron chi connectivity index (χ0n) is 19.2. The van der Waals surface area contributed by atoms with E-state index in [0.717, 1.165) is 16.7 Å². The molecule has 0 aliphatic rings. The molecule has 2 aromatic carbocycles. The SMILES string of the molecule is Cc1ccc(N(CC(=O)NCc2ccc(F)cc2)C(=O)CCC(=O)Nc2cc(C)ccn2)cc1. The highest BCUT2D eigenvalue weighted by Crippen LogP contribution is 2.17. The maximum atomic E-state index is 13.1. The molecule has 3 rings (SSSR count). The van der Waals surface area contributed by atoms with E-state index in [4.69, 9.17) is 0 Å². The molecule has 0 saturated carbocycles. The molecule has 2 N–H and O–H groups in total. The molecule has 3 aromatic rings. The van der Waals surface area contributed by atoms with E-state index in [1.165, 1.54) is 17.0 Å². The van der Waals surface area contributed by atoms with E-state index in [1.54, 1.807) is 36.5 Å². The Labute approximate surface area is 198 Å². The maximum absolute atomic E-state index is 13.1. The monoisotopic (exact) mass is 462 g/mol. The molecule has 0 aliphatic heterocycles. The molecule has 0 spiro atoms. The van der Waals surface area contributed by atoms with Gasteiger partial charge in [-0.2, -0.15) is 0 Å². The van der Waals surface area contributed by atoms with Gasteiger partial charge in [-0.1, -0.05) is 29.8 Å². The molecule has 7 nitrogen and oxygen atoms in total. The normalized spacial score (nSPS) is 10.4. The summed E-state index contributed by atoms with van der Waals surface area (Å²) in [5, 5.41) is 5.43. The van der Waals surface area contributed by atoms with Crippen molar-refractivity contribution in [3.05, 3.63) is 89.4 Å². The third-order valence-electron chi connectivity index (χ3n) is 5.10. The molecule has 0 atom stereocenters. The molecule has 34 heavy (non-hydrogen) atoms. The van der Waals surface area contributed by atoms with Crippen molar-refractivity contribution in [3.63, 3.8) is 0 Å². The third kappa shape index (κ3) is 7.51. The van der Waals surface area contributed by atoms with Gasteiger partial charge in [-0.3, -0.25) is 14.4 Å². The molecular weight excluding hydrogens is 435 g/mol. The summed E-state index contributed by atoms with van der Waals surface area (Å²) in [5.41, 5.74) is 3.28. The van der Waals surface area contributed by atoms with Gasteiger partial charge < -0.3 is 15.5 Å². The number of hydrogen-bond donors (Lipinski definition) is 2. The average molecular weight is 463 g/mol. The lowest BCUT2D eigenvalue weighted by Gasteiger charge is -2.22. The van der Waals surface area contributed by atoms with Crippen LogP contribution in [0.2, 0.25) is 0 Å². The van der Waals surface area contributed by atoms with Crippen LogP contribution in [0.3, 0.4) is 0 Å². The van der Waals surface area contributed by atoms with Gasteiger partial charge in [-0.15, -0.1) is 0 Å². The third-order valence-corrected chi connectivity index (χ3v) is 5.10. The van der Waals surface area contributed by atoms with Crippen molar-refractivity contribution in [2.24, 2.45) is 0 Å². The number of halogens is 1. The Balaban J connectivity index is 1.61. The summed E-state index contributed by atoms with van der Waals surface area (Å²) in [4.78, 5) is 43.3. The van der Waals surface area contributed by atoms with Gasteiger partial charge in [0.05, 0.1) is 0 Å². The number of carbonyl (C=O) groups is 3. The van der Waals surface area contributed by atoms with E-state index in [9.17, 15) is 18.8 Å². The molecular formula is C26H27FN4O3. The summed E-state index contributed by atoms with van der Waals surface area (Å²) in [6.07, 6.45) is 1.48. The van der Waals surface area contributed by atoms with E-state index in [-0.39, 0.29) is 49.5 Å². The standard InChI is InChI=1S/C26H27FN4O3/c1-18-3-9-22(10-4-18)31(17-25(33)29-16-20-5-7-21(27)8-6-20)26(34)12-11-24(32)30-23-15-19(2)13-14-28-23/h3-10,13-15H,11-12,16-17H2,1-2H3,(H,29,33)(H,28,30,32). The fraction of sp³-hybridized carbons (Fsp3) is 0.231. The number of aryl methyl sites for hydroxylation is 2. The summed E-state index contributed by atoms with van der Waals surface area (Å²) in [6.45, 7) is 3.82. The second-order valence-corrected chi connectivity index (χ2v) is 7.99. The summed E-state index contributed by atoms with van der Waals surface area (Å²) >= 11 is 0. The fourth-order valence-corrected chi connectivity index (χ4v) is 3.22.